The molecule has 0 aromatic heterocycles. The molecule has 4 nitrogen and oxygen atoms in total. The normalized spacial score (nSPS) is 13.6. The van der Waals surface area contributed by atoms with Gasteiger partial charge in [-0.2, -0.15) is 0 Å². The second kappa shape index (κ2) is 6.34. The van der Waals surface area contributed by atoms with Crippen molar-refractivity contribution in [1.29, 1.82) is 0 Å². The van der Waals surface area contributed by atoms with Gasteiger partial charge in [-0.1, -0.05) is 6.92 Å². The molecule has 0 aromatic rings. The molecular formula is C9H18N2O2. The molecule has 0 saturated carbocycles. The number of allylic oxidation sites excluding steroid dienone is 1. The molecule has 3 N–H and O–H groups in total. The van der Waals surface area contributed by atoms with Gasteiger partial charge in [0.1, 0.15) is 0 Å². The van der Waals surface area contributed by atoms with Crippen molar-refractivity contribution in [3.05, 3.63) is 11.9 Å². The smallest absolute Gasteiger partial charge is 0.310 e. The van der Waals surface area contributed by atoms with Crippen molar-refractivity contribution in [1.82, 2.24) is 5.32 Å². The van der Waals surface area contributed by atoms with Crippen molar-refractivity contribution in [2.24, 2.45) is 11.7 Å². The summed E-state index contributed by atoms with van der Waals surface area (Å²) in [6.07, 6.45) is 1.68. The van der Waals surface area contributed by atoms with E-state index in [0.717, 1.165) is 0 Å². The summed E-state index contributed by atoms with van der Waals surface area (Å²) in [6.45, 7) is 6.36. The number of hydrogen-bond acceptors (Lipinski definition) is 4. The highest BCUT2D eigenvalue weighted by Crippen LogP contribution is 1.96. The summed E-state index contributed by atoms with van der Waals surface area (Å²) in [5.74, 6) is -0.325. The van der Waals surface area contributed by atoms with Crippen molar-refractivity contribution in [2.75, 3.05) is 13.2 Å². The predicted molar refractivity (Wildman–Crippen MR) is 51.7 cm³/mol. The van der Waals surface area contributed by atoms with Gasteiger partial charge in [0.15, 0.2) is 0 Å². The molecule has 76 valence electrons. The third-order valence-corrected chi connectivity index (χ3v) is 1.44. The quantitative estimate of drug-likeness (QED) is 0.617. The second-order valence-electron chi connectivity index (χ2n) is 2.95. The van der Waals surface area contributed by atoms with E-state index in [9.17, 15) is 4.79 Å². The third-order valence-electron chi connectivity index (χ3n) is 1.44. The molecule has 0 aliphatic rings. The van der Waals surface area contributed by atoms with E-state index in [-0.39, 0.29) is 11.9 Å². The summed E-state index contributed by atoms with van der Waals surface area (Å²) in [6, 6.07) is 0. The Morgan fingerprint density at radius 3 is 2.77 bits per heavy atom. The van der Waals surface area contributed by atoms with Gasteiger partial charge in [0, 0.05) is 18.4 Å². The van der Waals surface area contributed by atoms with Gasteiger partial charge in [0.05, 0.1) is 12.5 Å². The van der Waals surface area contributed by atoms with Crippen molar-refractivity contribution < 1.29 is 9.53 Å². The minimum Gasteiger partial charge on any atom is -0.466 e. The van der Waals surface area contributed by atoms with Crippen LogP contribution >= 0.6 is 0 Å². The van der Waals surface area contributed by atoms with Crippen LogP contribution in [0.5, 0.6) is 0 Å². The number of carbonyl (C=O) groups is 1. The van der Waals surface area contributed by atoms with Crippen LogP contribution in [0.2, 0.25) is 0 Å². The van der Waals surface area contributed by atoms with Crippen LogP contribution in [0.4, 0.5) is 0 Å². The van der Waals surface area contributed by atoms with Crippen LogP contribution in [-0.4, -0.2) is 19.1 Å². The Hall–Kier alpha value is -1.19. The number of nitrogens with one attached hydrogen (secondary N) is 1. The lowest BCUT2D eigenvalue weighted by atomic mass is 10.2. The van der Waals surface area contributed by atoms with Gasteiger partial charge < -0.3 is 15.8 Å². The Morgan fingerprint density at radius 1 is 1.69 bits per heavy atom. The van der Waals surface area contributed by atoms with Crippen molar-refractivity contribution >= 4 is 5.97 Å². The molecule has 0 fully saturated rings. The first-order valence-corrected chi connectivity index (χ1v) is 4.40. The highest BCUT2D eigenvalue weighted by Gasteiger charge is 2.11. The Labute approximate surface area is 79.1 Å². The number of esters is 1. The summed E-state index contributed by atoms with van der Waals surface area (Å²) in [7, 11) is 0. The minimum absolute atomic E-state index is 0.143. The molecule has 0 aromatic carbocycles. The lowest BCUT2D eigenvalue weighted by Gasteiger charge is -2.09. The molecular weight excluding hydrogens is 168 g/mol. The molecule has 0 radical (unpaired) electrons. The van der Waals surface area contributed by atoms with Gasteiger partial charge in [0.25, 0.3) is 0 Å². The monoisotopic (exact) mass is 186 g/mol. The Kier molecular flexibility index (Phi) is 5.76. The Morgan fingerprint density at radius 2 is 2.31 bits per heavy atom. The minimum atomic E-state index is -0.182. The highest BCUT2D eigenvalue weighted by atomic mass is 16.5. The molecule has 0 saturated heterocycles. The first kappa shape index (κ1) is 11.8. The van der Waals surface area contributed by atoms with Crippen LogP contribution in [0.1, 0.15) is 20.8 Å². The van der Waals surface area contributed by atoms with E-state index in [1.807, 2.05) is 6.92 Å². The van der Waals surface area contributed by atoms with Crippen LogP contribution in [0, 0.1) is 5.92 Å². The van der Waals surface area contributed by atoms with E-state index in [4.69, 9.17) is 10.5 Å². The van der Waals surface area contributed by atoms with Crippen molar-refractivity contribution in [3.63, 3.8) is 0 Å². The van der Waals surface area contributed by atoms with E-state index in [1.165, 1.54) is 0 Å². The van der Waals surface area contributed by atoms with E-state index >= 15 is 0 Å². The SMILES string of the molecule is CCOC(=O)C(C)CNC=C(C)N. The largest absolute Gasteiger partial charge is 0.466 e. The molecule has 13 heavy (non-hydrogen) atoms. The van der Waals surface area contributed by atoms with Gasteiger partial charge in [-0.15, -0.1) is 0 Å². The van der Waals surface area contributed by atoms with E-state index < -0.39 is 0 Å². The Bertz CT molecular complexity index is 186. The number of rotatable bonds is 5. The van der Waals surface area contributed by atoms with Crippen LogP contribution < -0.4 is 11.1 Å². The fraction of sp³-hybridized carbons (Fsp3) is 0.667. The summed E-state index contributed by atoms with van der Waals surface area (Å²) < 4.78 is 4.83. The summed E-state index contributed by atoms with van der Waals surface area (Å²) >= 11 is 0. The number of carbonyl (C=O) groups excluding carboxylic acids is 1. The molecule has 0 heterocycles. The zero-order valence-electron chi connectivity index (χ0n) is 8.46. The van der Waals surface area contributed by atoms with Crippen molar-refractivity contribution in [3.8, 4) is 0 Å². The molecule has 1 atom stereocenters. The van der Waals surface area contributed by atoms with Crippen molar-refractivity contribution in [2.45, 2.75) is 20.8 Å². The molecule has 1 unspecified atom stereocenters. The van der Waals surface area contributed by atoms with Gasteiger partial charge in [-0.3, -0.25) is 4.79 Å². The maximum absolute atomic E-state index is 11.1. The highest BCUT2D eigenvalue weighted by molar-refractivity contribution is 5.72. The van der Waals surface area contributed by atoms with E-state index in [1.54, 1.807) is 20.0 Å². The zero-order chi connectivity index (χ0) is 10.3. The Balaban J connectivity index is 3.67. The molecule has 0 rings (SSSR count). The average Bonchev–Trinajstić information content (AvgIpc) is 2.04. The number of nitrogens with two attached hydrogens (primary N) is 1. The lowest BCUT2D eigenvalue weighted by Crippen LogP contribution is -2.25. The maximum Gasteiger partial charge on any atom is 0.310 e. The second-order valence-corrected chi connectivity index (χ2v) is 2.95. The standard InChI is InChI=1S/C9H18N2O2/c1-4-13-9(12)7(2)5-11-6-8(3)10/h6-7,11H,4-5,10H2,1-3H3. The number of hydrogen-bond donors (Lipinski definition) is 2. The van der Waals surface area contributed by atoms with Crippen LogP contribution in [-0.2, 0) is 9.53 Å². The fourth-order valence-corrected chi connectivity index (χ4v) is 0.765. The molecule has 0 aliphatic heterocycles. The number of ether oxygens (including phenoxy) is 1. The molecule has 0 bridgehead atoms. The first-order chi connectivity index (χ1) is 6.07. The summed E-state index contributed by atoms with van der Waals surface area (Å²) in [4.78, 5) is 11.1. The predicted octanol–water partition coefficient (Wildman–Crippen LogP) is 0.595. The van der Waals surface area contributed by atoms with Crippen LogP contribution in [0.15, 0.2) is 11.9 Å². The maximum atomic E-state index is 11.1. The molecule has 0 spiro atoms. The zero-order valence-corrected chi connectivity index (χ0v) is 8.46. The first-order valence-electron chi connectivity index (χ1n) is 4.40. The van der Waals surface area contributed by atoms with Crippen LogP contribution in [0.3, 0.4) is 0 Å². The van der Waals surface area contributed by atoms with Gasteiger partial charge in [-0.05, 0) is 13.8 Å². The summed E-state index contributed by atoms with van der Waals surface area (Å²) in [5, 5.41) is 2.94. The van der Waals surface area contributed by atoms with Gasteiger partial charge in [-0.25, -0.2) is 0 Å². The van der Waals surface area contributed by atoms with Gasteiger partial charge in [0.2, 0.25) is 0 Å². The average molecular weight is 186 g/mol. The topological polar surface area (TPSA) is 64.3 Å². The van der Waals surface area contributed by atoms with Gasteiger partial charge >= 0.3 is 5.97 Å². The molecule has 0 aliphatic carbocycles. The lowest BCUT2D eigenvalue weighted by molar-refractivity contribution is -0.147. The molecule has 0 amide bonds. The third kappa shape index (κ3) is 6.02. The summed E-state index contributed by atoms with van der Waals surface area (Å²) in [5.41, 5.74) is 6.09. The molecule has 4 heteroatoms. The van der Waals surface area contributed by atoms with E-state index in [2.05, 4.69) is 5.32 Å². The fourth-order valence-electron chi connectivity index (χ4n) is 0.765. The van der Waals surface area contributed by atoms with E-state index in [0.29, 0.717) is 18.8 Å². The van der Waals surface area contributed by atoms with Crippen LogP contribution in [0.25, 0.3) is 0 Å².